The fourth-order valence-electron chi connectivity index (χ4n) is 1.10. The number of carbonyl (C=O) groups excluding carboxylic acids is 2. The van der Waals surface area contributed by atoms with Crippen molar-refractivity contribution in [1.29, 1.82) is 0 Å². The molecule has 6 nitrogen and oxygen atoms in total. The Kier molecular flexibility index (Phi) is 13.6. The standard InChI is InChI=1S/C10H14N4O2S.2C2H6/c1-14-4-3-7(6-14)9(16)12-5-8(15)13-10(11)17-2;2*1-2/h3-4,6H,5H2,1-2H3,(H,12,16)(H2,11,13,15);2*1-2H3. The molecule has 0 saturated carbocycles. The highest BCUT2D eigenvalue weighted by atomic mass is 32.2. The number of rotatable bonds is 3. The third kappa shape index (κ3) is 9.73. The number of carbonyl (C=O) groups is 2. The number of hydrogen-bond donors (Lipinski definition) is 2. The van der Waals surface area contributed by atoms with Crippen LogP contribution >= 0.6 is 11.8 Å². The van der Waals surface area contributed by atoms with Crippen LogP contribution in [-0.4, -0.2) is 34.3 Å². The van der Waals surface area contributed by atoms with Gasteiger partial charge >= 0.3 is 0 Å². The summed E-state index contributed by atoms with van der Waals surface area (Å²) in [6, 6.07) is 1.67. The first kappa shape index (κ1) is 21.5. The number of nitrogens with zero attached hydrogens (tertiary/aromatic N) is 2. The fraction of sp³-hybridized carbons (Fsp3) is 0.500. The van der Waals surface area contributed by atoms with E-state index in [1.165, 1.54) is 11.8 Å². The molecule has 0 atom stereocenters. The lowest BCUT2D eigenvalue weighted by atomic mass is 10.3. The molecule has 3 N–H and O–H groups in total. The number of nitrogens with one attached hydrogen (secondary N) is 1. The first-order chi connectivity index (χ1) is 10.0. The van der Waals surface area contributed by atoms with Crippen molar-refractivity contribution in [2.45, 2.75) is 27.7 Å². The first-order valence-electron chi connectivity index (χ1n) is 6.84. The molecule has 21 heavy (non-hydrogen) atoms. The van der Waals surface area contributed by atoms with Gasteiger partial charge < -0.3 is 15.6 Å². The van der Waals surface area contributed by atoms with Gasteiger partial charge in [-0.2, -0.15) is 4.99 Å². The van der Waals surface area contributed by atoms with Crippen molar-refractivity contribution in [1.82, 2.24) is 9.88 Å². The Bertz CT molecular complexity index is 456. The van der Waals surface area contributed by atoms with Crippen molar-refractivity contribution >= 4 is 28.7 Å². The van der Waals surface area contributed by atoms with E-state index >= 15 is 0 Å². The largest absolute Gasteiger partial charge is 0.378 e. The molecule has 0 unspecified atom stereocenters. The summed E-state index contributed by atoms with van der Waals surface area (Å²) >= 11 is 1.18. The summed E-state index contributed by atoms with van der Waals surface area (Å²) in [5, 5.41) is 2.65. The van der Waals surface area contributed by atoms with Crippen LogP contribution in [0.3, 0.4) is 0 Å². The van der Waals surface area contributed by atoms with E-state index in [9.17, 15) is 9.59 Å². The van der Waals surface area contributed by atoms with E-state index in [0.29, 0.717) is 5.56 Å². The maximum atomic E-state index is 11.6. The number of aromatic nitrogens is 1. The molecule has 0 radical (unpaired) electrons. The summed E-state index contributed by atoms with van der Waals surface area (Å²) in [6.07, 6.45) is 5.13. The summed E-state index contributed by atoms with van der Waals surface area (Å²) in [5.41, 5.74) is 5.87. The summed E-state index contributed by atoms with van der Waals surface area (Å²) in [7, 11) is 1.81. The van der Waals surface area contributed by atoms with E-state index in [4.69, 9.17) is 5.73 Å². The number of thioether (sulfide) groups is 1. The summed E-state index contributed by atoms with van der Waals surface area (Å²) in [6.45, 7) is 7.84. The van der Waals surface area contributed by atoms with E-state index in [1.807, 2.05) is 34.7 Å². The Balaban J connectivity index is 0. The summed E-state index contributed by atoms with van der Waals surface area (Å²) in [5.74, 6) is -0.780. The maximum absolute atomic E-state index is 11.6. The molecular weight excluding hydrogens is 288 g/mol. The van der Waals surface area contributed by atoms with E-state index in [-0.39, 0.29) is 17.6 Å². The highest BCUT2D eigenvalue weighted by Crippen LogP contribution is 1.98. The van der Waals surface area contributed by atoms with E-state index in [1.54, 1.807) is 29.3 Å². The summed E-state index contributed by atoms with van der Waals surface area (Å²) < 4.78 is 1.75. The second-order valence-corrected chi connectivity index (χ2v) is 4.12. The first-order valence-corrected chi connectivity index (χ1v) is 8.06. The molecule has 0 bridgehead atoms. The zero-order chi connectivity index (χ0) is 16.8. The minimum absolute atomic E-state index is 0.158. The Morgan fingerprint density at radius 3 is 2.33 bits per heavy atom. The lowest BCUT2D eigenvalue weighted by Gasteiger charge is -2.00. The summed E-state index contributed by atoms with van der Waals surface area (Å²) in [4.78, 5) is 26.4. The highest BCUT2D eigenvalue weighted by molar-refractivity contribution is 8.13. The Hall–Kier alpha value is -1.76. The Morgan fingerprint density at radius 1 is 1.33 bits per heavy atom. The third-order valence-corrected chi connectivity index (χ3v) is 2.45. The van der Waals surface area contributed by atoms with Crippen LogP contribution in [0.15, 0.2) is 23.5 Å². The van der Waals surface area contributed by atoms with E-state index in [2.05, 4.69) is 10.3 Å². The molecule has 0 fully saturated rings. The van der Waals surface area contributed by atoms with Crippen LogP contribution in [0.5, 0.6) is 0 Å². The predicted molar refractivity (Wildman–Crippen MR) is 90.6 cm³/mol. The molecule has 120 valence electrons. The predicted octanol–water partition coefficient (Wildman–Crippen LogP) is 2.01. The van der Waals surface area contributed by atoms with Gasteiger partial charge in [-0.25, -0.2) is 0 Å². The molecule has 0 aliphatic heterocycles. The van der Waals surface area contributed by atoms with Crippen molar-refractivity contribution in [3.8, 4) is 0 Å². The van der Waals surface area contributed by atoms with Crippen LogP contribution in [0.25, 0.3) is 0 Å². The van der Waals surface area contributed by atoms with E-state index < -0.39 is 5.91 Å². The quantitative estimate of drug-likeness (QED) is 0.659. The van der Waals surface area contributed by atoms with Gasteiger partial charge in [-0.15, -0.1) is 0 Å². The van der Waals surface area contributed by atoms with Gasteiger partial charge in [0.2, 0.25) is 0 Å². The molecule has 1 rings (SSSR count). The zero-order valence-electron chi connectivity index (χ0n) is 13.6. The number of amidine groups is 1. The number of aliphatic imine (C=N–C) groups is 1. The topological polar surface area (TPSA) is 89.5 Å². The lowest BCUT2D eigenvalue weighted by molar-refractivity contribution is -0.116. The van der Waals surface area contributed by atoms with Crippen molar-refractivity contribution in [2.75, 3.05) is 12.8 Å². The maximum Gasteiger partial charge on any atom is 0.267 e. The van der Waals surface area contributed by atoms with Crippen molar-refractivity contribution in [3.63, 3.8) is 0 Å². The number of amides is 2. The molecule has 0 spiro atoms. The van der Waals surface area contributed by atoms with Crippen LogP contribution < -0.4 is 11.1 Å². The second-order valence-electron chi connectivity index (χ2n) is 3.30. The molecule has 1 aromatic heterocycles. The van der Waals surface area contributed by atoms with Crippen LogP contribution in [0, 0.1) is 0 Å². The van der Waals surface area contributed by atoms with Crippen LogP contribution in [0.4, 0.5) is 0 Å². The van der Waals surface area contributed by atoms with Gasteiger partial charge in [0.05, 0.1) is 12.1 Å². The zero-order valence-corrected chi connectivity index (χ0v) is 14.5. The minimum Gasteiger partial charge on any atom is -0.378 e. The SMILES string of the molecule is CC.CC.CSC(N)=NC(=O)CNC(=O)c1ccn(C)c1. The molecule has 0 saturated heterocycles. The van der Waals surface area contributed by atoms with Crippen molar-refractivity contribution < 1.29 is 9.59 Å². The molecule has 1 aromatic rings. The number of hydrogen-bond acceptors (Lipinski definition) is 3. The average Bonchev–Trinajstić information content (AvgIpc) is 2.95. The number of nitrogens with two attached hydrogens (primary N) is 1. The lowest BCUT2D eigenvalue weighted by Crippen LogP contribution is -2.29. The molecular formula is C14H26N4O2S. The van der Waals surface area contributed by atoms with Crippen LogP contribution in [-0.2, 0) is 11.8 Å². The smallest absolute Gasteiger partial charge is 0.267 e. The highest BCUT2D eigenvalue weighted by Gasteiger charge is 2.08. The van der Waals surface area contributed by atoms with Gasteiger partial charge in [0.1, 0.15) is 0 Å². The normalized spacial score (nSPS) is 9.71. The molecule has 7 heteroatoms. The van der Waals surface area contributed by atoms with Crippen LogP contribution in [0.1, 0.15) is 38.1 Å². The van der Waals surface area contributed by atoms with Crippen molar-refractivity contribution in [2.24, 2.45) is 17.8 Å². The Morgan fingerprint density at radius 2 is 1.90 bits per heavy atom. The van der Waals surface area contributed by atoms with Gasteiger partial charge in [-0.3, -0.25) is 9.59 Å². The molecule has 0 aliphatic carbocycles. The Labute approximate surface area is 131 Å². The van der Waals surface area contributed by atoms with Crippen LogP contribution in [0.2, 0.25) is 0 Å². The third-order valence-electron chi connectivity index (χ3n) is 1.94. The molecule has 1 heterocycles. The fourth-order valence-corrected chi connectivity index (χ4v) is 1.30. The van der Waals surface area contributed by atoms with Gasteiger partial charge in [-0.1, -0.05) is 39.5 Å². The number of aryl methyl sites for hydroxylation is 1. The minimum atomic E-state index is -0.471. The van der Waals surface area contributed by atoms with Gasteiger partial charge in [0.25, 0.3) is 11.8 Å². The monoisotopic (exact) mass is 314 g/mol. The van der Waals surface area contributed by atoms with Gasteiger partial charge in [0, 0.05) is 19.4 Å². The molecule has 2 amide bonds. The van der Waals surface area contributed by atoms with Gasteiger partial charge in [-0.05, 0) is 12.3 Å². The molecule has 0 aliphatic rings. The van der Waals surface area contributed by atoms with E-state index in [0.717, 1.165) is 0 Å². The van der Waals surface area contributed by atoms with Crippen molar-refractivity contribution in [3.05, 3.63) is 24.0 Å². The average molecular weight is 314 g/mol. The second kappa shape index (κ2) is 13.2. The molecule has 0 aromatic carbocycles. The van der Waals surface area contributed by atoms with Gasteiger partial charge in [0.15, 0.2) is 5.17 Å².